The van der Waals surface area contributed by atoms with Crippen LogP contribution in [0.3, 0.4) is 0 Å². The molecule has 0 radical (unpaired) electrons. The number of benzene rings is 1. The number of hydrogen-bond acceptors (Lipinski definition) is 4. The smallest absolute Gasteiger partial charge is 0.328 e. The Morgan fingerprint density at radius 1 is 1.17 bits per heavy atom. The van der Waals surface area contributed by atoms with Crippen molar-refractivity contribution in [3.63, 3.8) is 0 Å². The third kappa shape index (κ3) is 4.21. The first-order valence-electron chi connectivity index (χ1n) is 6.92. The fraction of sp³-hybridized carbons (Fsp3) is 0.312. The molecule has 0 aliphatic heterocycles. The van der Waals surface area contributed by atoms with Crippen molar-refractivity contribution in [1.29, 1.82) is 0 Å². The van der Waals surface area contributed by atoms with E-state index in [-0.39, 0.29) is 11.3 Å². The van der Waals surface area contributed by atoms with Crippen molar-refractivity contribution in [3.05, 3.63) is 52.3 Å². The van der Waals surface area contributed by atoms with E-state index in [1.807, 2.05) is 0 Å². The molecule has 0 N–H and O–H groups in total. The number of hydrogen-bond donors (Lipinski definition) is 0. The van der Waals surface area contributed by atoms with Crippen LogP contribution in [0.2, 0.25) is 0 Å². The molecule has 7 heteroatoms. The predicted octanol–water partition coefficient (Wildman–Crippen LogP) is 2.53. The molecule has 1 aromatic carbocycles. The third-order valence-electron chi connectivity index (χ3n) is 2.78. The first-order chi connectivity index (χ1) is 10.7. The number of rotatable bonds is 3. The van der Waals surface area contributed by atoms with Gasteiger partial charge in [0.15, 0.2) is 0 Å². The zero-order valence-corrected chi connectivity index (χ0v) is 13.0. The van der Waals surface area contributed by atoms with Crippen LogP contribution in [0, 0.1) is 11.6 Å². The van der Waals surface area contributed by atoms with E-state index in [2.05, 4.69) is 5.10 Å². The van der Waals surface area contributed by atoms with Crippen LogP contribution in [-0.4, -0.2) is 21.4 Å². The van der Waals surface area contributed by atoms with Gasteiger partial charge in [-0.2, -0.15) is 5.10 Å². The normalized spacial score (nSPS) is 11.3. The molecule has 0 saturated carbocycles. The summed E-state index contributed by atoms with van der Waals surface area (Å²) in [5, 5.41) is 3.86. The number of nitrogens with zero attached hydrogens (tertiary/aromatic N) is 2. The van der Waals surface area contributed by atoms with E-state index in [9.17, 15) is 18.4 Å². The highest BCUT2D eigenvalue weighted by Gasteiger charge is 2.18. The molecular formula is C16H16F2N2O3. The van der Waals surface area contributed by atoms with Crippen LogP contribution in [0.4, 0.5) is 8.78 Å². The number of aromatic nitrogens is 2. The summed E-state index contributed by atoms with van der Waals surface area (Å²) in [6.07, 6.45) is 0. The van der Waals surface area contributed by atoms with Gasteiger partial charge in [-0.25, -0.2) is 13.5 Å². The molecule has 0 fully saturated rings. The van der Waals surface area contributed by atoms with Gasteiger partial charge in [0.2, 0.25) is 0 Å². The van der Waals surface area contributed by atoms with Crippen molar-refractivity contribution < 1.29 is 18.3 Å². The molecular weight excluding hydrogens is 306 g/mol. The molecule has 0 atom stereocenters. The van der Waals surface area contributed by atoms with Crippen molar-refractivity contribution >= 4 is 5.97 Å². The van der Waals surface area contributed by atoms with E-state index >= 15 is 0 Å². The number of esters is 1. The fourth-order valence-corrected chi connectivity index (χ4v) is 1.93. The summed E-state index contributed by atoms with van der Waals surface area (Å²) in [4.78, 5) is 23.6. The Morgan fingerprint density at radius 3 is 2.35 bits per heavy atom. The highest BCUT2D eigenvalue weighted by Crippen LogP contribution is 2.23. The minimum Gasteiger partial charge on any atom is -0.459 e. The van der Waals surface area contributed by atoms with Gasteiger partial charge in [-0.15, -0.1) is 0 Å². The maximum absolute atomic E-state index is 13.8. The van der Waals surface area contributed by atoms with E-state index in [1.165, 1.54) is 12.1 Å². The maximum atomic E-state index is 13.8. The molecule has 0 unspecified atom stereocenters. The molecule has 0 amide bonds. The molecule has 23 heavy (non-hydrogen) atoms. The van der Waals surface area contributed by atoms with Gasteiger partial charge in [-0.05, 0) is 39.0 Å². The average molecular weight is 322 g/mol. The Morgan fingerprint density at radius 2 is 1.78 bits per heavy atom. The molecule has 1 aromatic heterocycles. The SMILES string of the molecule is CC(C)(C)OC(=O)Cn1nc(-c2c(F)cccc2F)ccc1=O. The van der Waals surface area contributed by atoms with E-state index in [1.54, 1.807) is 20.8 Å². The molecule has 5 nitrogen and oxygen atoms in total. The largest absolute Gasteiger partial charge is 0.459 e. The predicted molar refractivity (Wildman–Crippen MR) is 79.7 cm³/mol. The highest BCUT2D eigenvalue weighted by molar-refractivity contribution is 5.69. The van der Waals surface area contributed by atoms with Gasteiger partial charge in [0.1, 0.15) is 23.8 Å². The van der Waals surface area contributed by atoms with Crippen LogP contribution in [-0.2, 0) is 16.1 Å². The minimum atomic E-state index is -0.806. The molecule has 0 aliphatic rings. The first-order valence-corrected chi connectivity index (χ1v) is 6.92. The molecule has 0 aliphatic carbocycles. The Hall–Kier alpha value is -2.57. The van der Waals surface area contributed by atoms with Crippen molar-refractivity contribution in [2.24, 2.45) is 0 Å². The summed E-state index contributed by atoms with van der Waals surface area (Å²) in [5.74, 6) is -2.28. The number of halogens is 2. The van der Waals surface area contributed by atoms with Gasteiger partial charge < -0.3 is 4.74 Å². The van der Waals surface area contributed by atoms with Gasteiger partial charge in [-0.3, -0.25) is 9.59 Å². The summed E-state index contributed by atoms with van der Waals surface area (Å²) in [6, 6.07) is 5.70. The second-order valence-electron chi connectivity index (χ2n) is 5.90. The molecule has 0 saturated heterocycles. The number of carbonyl (C=O) groups excluding carboxylic acids is 1. The fourth-order valence-electron chi connectivity index (χ4n) is 1.93. The maximum Gasteiger partial charge on any atom is 0.328 e. The Kier molecular flexibility index (Phi) is 4.58. The standard InChI is InChI=1S/C16H16F2N2O3/c1-16(2,3)23-14(22)9-20-13(21)8-7-12(19-20)15-10(17)5-4-6-11(15)18/h4-8H,9H2,1-3H3. The second kappa shape index (κ2) is 6.28. The summed E-state index contributed by atoms with van der Waals surface area (Å²) < 4.78 is 33.5. The molecule has 2 aromatic rings. The Balaban J connectivity index is 2.37. The van der Waals surface area contributed by atoms with E-state index < -0.39 is 35.3 Å². The lowest BCUT2D eigenvalue weighted by molar-refractivity contribution is -0.155. The Bertz CT molecular complexity index is 774. The molecule has 122 valence electrons. The van der Waals surface area contributed by atoms with Crippen LogP contribution in [0.1, 0.15) is 20.8 Å². The zero-order chi connectivity index (χ0) is 17.2. The van der Waals surface area contributed by atoms with E-state index in [4.69, 9.17) is 4.74 Å². The zero-order valence-electron chi connectivity index (χ0n) is 13.0. The van der Waals surface area contributed by atoms with Crippen LogP contribution in [0.15, 0.2) is 35.1 Å². The van der Waals surface area contributed by atoms with Crippen molar-refractivity contribution in [1.82, 2.24) is 9.78 Å². The summed E-state index contributed by atoms with van der Waals surface area (Å²) in [6.45, 7) is 4.62. The molecule has 0 bridgehead atoms. The van der Waals surface area contributed by atoms with Crippen molar-refractivity contribution in [2.75, 3.05) is 0 Å². The average Bonchev–Trinajstić information content (AvgIpc) is 2.40. The van der Waals surface area contributed by atoms with Crippen LogP contribution in [0.25, 0.3) is 11.3 Å². The second-order valence-corrected chi connectivity index (χ2v) is 5.90. The van der Waals surface area contributed by atoms with Crippen LogP contribution < -0.4 is 5.56 Å². The summed E-state index contributed by atoms with van der Waals surface area (Å²) >= 11 is 0. The molecule has 2 rings (SSSR count). The van der Waals surface area contributed by atoms with Gasteiger partial charge in [0.05, 0.1) is 11.3 Å². The summed E-state index contributed by atoms with van der Waals surface area (Å²) in [7, 11) is 0. The monoisotopic (exact) mass is 322 g/mol. The van der Waals surface area contributed by atoms with Crippen molar-refractivity contribution in [3.8, 4) is 11.3 Å². The molecule has 0 spiro atoms. The number of ether oxygens (including phenoxy) is 1. The lowest BCUT2D eigenvalue weighted by Crippen LogP contribution is -2.31. The van der Waals surface area contributed by atoms with E-state index in [0.29, 0.717) is 0 Å². The first kappa shape index (κ1) is 16.8. The number of carbonyl (C=O) groups is 1. The Labute approximate surface area is 131 Å². The lowest BCUT2D eigenvalue weighted by atomic mass is 10.1. The lowest BCUT2D eigenvalue weighted by Gasteiger charge is -2.19. The van der Waals surface area contributed by atoms with Crippen molar-refractivity contribution in [2.45, 2.75) is 32.9 Å². The third-order valence-corrected chi connectivity index (χ3v) is 2.78. The van der Waals surface area contributed by atoms with Gasteiger partial charge >= 0.3 is 5.97 Å². The van der Waals surface area contributed by atoms with Crippen LogP contribution in [0.5, 0.6) is 0 Å². The minimum absolute atomic E-state index is 0.0799. The topological polar surface area (TPSA) is 61.2 Å². The molecule has 1 heterocycles. The van der Waals surface area contributed by atoms with Gasteiger partial charge in [0.25, 0.3) is 5.56 Å². The van der Waals surface area contributed by atoms with E-state index in [0.717, 1.165) is 22.9 Å². The quantitative estimate of drug-likeness (QED) is 0.815. The van der Waals surface area contributed by atoms with Gasteiger partial charge in [-0.1, -0.05) is 6.07 Å². The summed E-state index contributed by atoms with van der Waals surface area (Å²) in [5.41, 5.74) is -1.72. The van der Waals surface area contributed by atoms with Gasteiger partial charge in [0, 0.05) is 6.07 Å². The van der Waals surface area contributed by atoms with Crippen LogP contribution >= 0.6 is 0 Å². The highest BCUT2D eigenvalue weighted by atomic mass is 19.1.